The van der Waals surface area contributed by atoms with E-state index >= 15 is 0 Å². The van der Waals surface area contributed by atoms with Gasteiger partial charge in [0.15, 0.2) is 17.4 Å². The molecule has 0 heterocycles. The molecule has 3 N–H and O–H groups in total. The van der Waals surface area contributed by atoms with Crippen LogP contribution in [0.2, 0.25) is 0 Å². The Morgan fingerprint density at radius 2 is 1.25 bits per heavy atom. The molecule has 8 heavy (non-hydrogen) atoms. The fourth-order valence-electron chi connectivity index (χ4n) is 0. The fourth-order valence-corrected chi connectivity index (χ4v) is 0. The molecule has 0 aliphatic rings. The van der Waals surface area contributed by atoms with E-state index in [1.807, 2.05) is 0 Å². The van der Waals surface area contributed by atoms with E-state index in [0.717, 1.165) is 0 Å². The average Bonchev–Trinajstić information content (AvgIpc) is 0.722. The molecule has 0 spiro atoms. The summed E-state index contributed by atoms with van der Waals surface area (Å²) >= 11 is 0. The zero-order chi connectivity index (χ0) is 4.50. The molecule has 0 saturated carbocycles. The number of hydrogen-bond donors (Lipinski definition) is 3. The molecule has 46 valence electrons. The normalized spacial score (nSPS) is 7.38. The van der Waals surface area contributed by atoms with E-state index in [2.05, 4.69) is 0 Å². The van der Waals surface area contributed by atoms with Crippen LogP contribution in [0.1, 0.15) is 1.43 Å². The van der Waals surface area contributed by atoms with Crippen LogP contribution in [0.4, 0.5) is 0 Å². The van der Waals surface area contributed by atoms with Crippen molar-refractivity contribution in [2.24, 2.45) is 0 Å². The van der Waals surface area contributed by atoms with E-state index in [-0.39, 0.29) is 57.4 Å². The Bertz CT molecular complexity index is 66.7. The van der Waals surface area contributed by atoms with Crippen molar-refractivity contribution in [3.05, 3.63) is 0 Å². The third-order valence-electron chi connectivity index (χ3n) is 0. The number of phosphoric acid groups is 1. The zero-order valence-electron chi connectivity index (χ0n) is 4.20. The Morgan fingerprint density at radius 1 is 1.25 bits per heavy atom. The minimum absolute atomic E-state index is 0. The summed E-state index contributed by atoms with van der Waals surface area (Å²) in [6, 6.07) is 0. The van der Waals surface area contributed by atoms with Gasteiger partial charge in [0.1, 0.15) is 0 Å². The van der Waals surface area contributed by atoms with Gasteiger partial charge in [0, 0.05) is 0 Å². The van der Waals surface area contributed by atoms with Crippen molar-refractivity contribution in [3.8, 4) is 0 Å². The van der Waals surface area contributed by atoms with E-state index < -0.39 is 7.82 Å². The van der Waals surface area contributed by atoms with Gasteiger partial charge in [-0.1, -0.05) is 0 Å². The molecule has 0 aromatic carbocycles. The van der Waals surface area contributed by atoms with Crippen LogP contribution in [0, 0.1) is 0 Å². The minimum Gasteiger partial charge on any atom is -1.00 e. The van der Waals surface area contributed by atoms with Crippen LogP contribution in [0.3, 0.4) is 0 Å². The first-order valence-corrected chi connectivity index (χ1v) is 2.35. The Balaban J connectivity index is -0.0000000133. The van der Waals surface area contributed by atoms with Crippen molar-refractivity contribution in [2.75, 3.05) is 0 Å². The van der Waals surface area contributed by atoms with Gasteiger partial charge in [0.25, 0.3) is 0 Å². The second-order valence-corrected chi connectivity index (χ2v) is 1.54. The Labute approximate surface area is 84.1 Å². The van der Waals surface area contributed by atoms with Crippen LogP contribution in [-0.2, 0) is 4.57 Å². The van der Waals surface area contributed by atoms with E-state index in [0.29, 0.717) is 0 Å². The molecule has 4 nitrogen and oxygen atoms in total. The summed E-state index contributed by atoms with van der Waals surface area (Å²) in [5.41, 5.74) is 0. The molecule has 0 fully saturated rings. The maximum Gasteiger partial charge on any atom is 1.00 e. The Kier molecular flexibility index (Phi) is 25.0. The molecular weight excluding hydrogens is 199 g/mol. The molecule has 0 aromatic rings. The first-order valence-electron chi connectivity index (χ1n) is 0.783. The number of rotatable bonds is 0. The van der Waals surface area contributed by atoms with Crippen molar-refractivity contribution < 1.29 is 39.5 Å². The van der Waals surface area contributed by atoms with E-state index in [1.54, 1.807) is 0 Å². The second kappa shape index (κ2) is 8.88. The first-order chi connectivity index (χ1) is 2.00. The van der Waals surface area contributed by atoms with E-state index in [4.69, 9.17) is 19.2 Å². The largest absolute Gasteiger partial charge is 1.00 e. The maximum absolute atomic E-state index is 8.88. The van der Waals surface area contributed by atoms with Crippen molar-refractivity contribution in [1.82, 2.24) is 0 Å². The van der Waals surface area contributed by atoms with Gasteiger partial charge in [-0.3, -0.25) is 0 Å². The summed E-state index contributed by atoms with van der Waals surface area (Å²) in [5, 5.41) is 0. The van der Waals surface area contributed by atoms with Gasteiger partial charge in [-0.15, -0.1) is 0 Å². The van der Waals surface area contributed by atoms with Crippen LogP contribution in [0.15, 0.2) is 0 Å². The van der Waals surface area contributed by atoms with Crippen LogP contribution < -0.4 is 18.9 Å². The molecule has 0 rings (SSSR count). The van der Waals surface area contributed by atoms with Gasteiger partial charge in [-0.2, -0.15) is 0 Å². The summed E-state index contributed by atoms with van der Waals surface area (Å²) in [6.07, 6.45) is 0. The van der Waals surface area contributed by atoms with Gasteiger partial charge in [0.05, 0.1) is 0 Å². The molecular formula is H10AlGaLiO4P. The van der Waals surface area contributed by atoms with Gasteiger partial charge < -0.3 is 16.1 Å². The second-order valence-electron chi connectivity index (χ2n) is 0.513. The SMILES string of the molecule is O=P(O)(O)O.[AlH3].[GaH3].[H-].[Li+]. The molecule has 0 atom stereocenters. The minimum atomic E-state index is -4.64. The van der Waals surface area contributed by atoms with Crippen molar-refractivity contribution in [1.29, 1.82) is 0 Å². The molecule has 0 bridgehead atoms. The summed E-state index contributed by atoms with van der Waals surface area (Å²) in [6.45, 7) is 0. The summed E-state index contributed by atoms with van der Waals surface area (Å²) in [5.74, 6) is 0. The van der Waals surface area contributed by atoms with Crippen LogP contribution in [0.25, 0.3) is 0 Å². The molecule has 8 heteroatoms. The predicted molar refractivity (Wildman–Crippen MR) is 35.3 cm³/mol. The summed E-state index contributed by atoms with van der Waals surface area (Å²) in [4.78, 5) is 21.6. The van der Waals surface area contributed by atoms with E-state index in [9.17, 15) is 0 Å². The molecule has 0 aliphatic heterocycles. The van der Waals surface area contributed by atoms with Gasteiger partial charge in [0.2, 0.25) is 0 Å². The summed E-state index contributed by atoms with van der Waals surface area (Å²) < 4.78 is 8.88. The smallest absolute Gasteiger partial charge is 1.00 e. The molecule has 0 amide bonds. The quantitative estimate of drug-likeness (QED) is 0.274. The molecule has 0 saturated heterocycles. The summed E-state index contributed by atoms with van der Waals surface area (Å²) in [7, 11) is -4.64. The average molecular weight is 209 g/mol. The molecule has 0 aromatic heterocycles. The van der Waals surface area contributed by atoms with Crippen LogP contribution in [-0.4, -0.2) is 51.8 Å². The number of hydrogen-bond acceptors (Lipinski definition) is 1. The third kappa shape index (κ3) is 106. The van der Waals surface area contributed by atoms with Crippen molar-refractivity contribution in [3.63, 3.8) is 0 Å². The Hall–Kier alpha value is 1.88. The topological polar surface area (TPSA) is 77.8 Å². The van der Waals surface area contributed by atoms with Gasteiger partial charge in [-0.25, -0.2) is 4.57 Å². The molecule has 0 radical (unpaired) electrons. The van der Waals surface area contributed by atoms with Gasteiger partial charge in [-0.05, 0) is 0 Å². The van der Waals surface area contributed by atoms with Gasteiger partial charge >= 0.3 is 46.5 Å². The van der Waals surface area contributed by atoms with Crippen LogP contribution >= 0.6 is 7.82 Å². The van der Waals surface area contributed by atoms with Crippen LogP contribution in [0.5, 0.6) is 0 Å². The third-order valence-corrected chi connectivity index (χ3v) is 0. The van der Waals surface area contributed by atoms with E-state index in [1.165, 1.54) is 0 Å². The molecule has 0 unspecified atom stereocenters. The predicted octanol–water partition coefficient (Wildman–Crippen LogP) is -6.18. The standard InChI is InChI=1S/Al.Ga.Li.H3O4P.7H/c;;;1-5(2,3)4;;;;;;;/h;;;(H3,1,2,3,4);;;;;;;/q;;+1;;;;;;;;-1. The van der Waals surface area contributed by atoms with Crippen molar-refractivity contribution in [2.45, 2.75) is 0 Å². The monoisotopic (exact) mass is 208 g/mol. The fraction of sp³-hybridized carbons (Fsp3) is 0. The first kappa shape index (κ1) is 22.5. The zero-order valence-corrected chi connectivity index (χ0v) is 4.09. The van der Waals surface area contributed by atoms with Crippen molar-refractivity contribution >= 4 is 45.0 Å². The molecule has 0 aliphatic carbocycles. The maximum atomic E-state index is 8.88. The Morgan fingerprint density at radius 3 is 1.25 bits per heavy atom.